The van der Waals surface area contributed by atoms with Crippen LogP contribution in [0, 0.1) is 25.7 Å². The van der Waals surface area contributed by atoms with E-state index in [2.05, 4.69) is 216 Å². The third-order valence-electron chi connectivity index (χ3n) is 12.5. The molecular formula is C78H133N7S2. The number of hydrogen-bond acceptors (Lipinski definition) is 7. The molecule has 492 valence electrons. The van der Waals surface area contributed by atoms with E-state index in [0.29, 0.717) is 24.4 Å². The van der Waals surface area contributed by atoms with Gasteiger partial charge < -0.3 is 32.8 Å². The van der Waals surface area contributed by atoms with E-state index in [0.717, 1.165) is 47.7 Å². The molecule has 0 amide bonds. The Bertz CT molecular complexity index is 2500. The molecule has 3 aromatic carbocycles. The molecule has 1 aromatic heterocycles. The molecule has 0 saturated carbocycles. The van der Waals surface area contributed by atoms with E-state index in [-0.39, 0.29) is 13.5 Å². The first-order valence-electron chi connectivity index (χ1n) is 31.8. The Kier molecular flexibility index (Phi) is 71.8. The summed E-state index contributed by atoms with van der Waals surface area (Å²) in [5.74, 6) is 1.64. The Balaban J connectivity index is -0.000000189. The molecule has 9 N–H and O–H groups in total. The Labute approximate surface area is 549 Å². The number of rotatable bonds is 10. The van der Waals surface area contributed by atoms with Gasteiger partial charge in [-0.05, 0) is 162 Å². The molecule has 0 fully saturated rings. The van der Waals surface area contributed by atoms with Crippen molar-refractivity contribution >= 4 is 42.9 Å². The minimum atomic E-state index is 0. The second-order valence-electron chi connectivity index (χ2n) is 18.0. The summed E-state index contributed by atoms with van der Waals surface area (Å²) in [5, 5.41) is 3.19. The van der Waals surface area contributed by atoms with E-state index < -0.39 is 0 Å². The Morgan fingerprint density at radius 3 is 1.77 bits per heavy atom. The van der Waals surface area contributed by atoms with Crippen molar-refractivity contribution in [3.05, 3.63) is 222 Å². The van der Waals surface area contributed by atoms with Crippen LogP contribution in [-0.2, 0) is 13.1 Å². The van der Waals surface area contributed by atoms with Crippen molar-refractivity contribution in [2.24, 2.45) is 39.8 Å². The lowest BCUT2D eigenvalue weighted by atomic mass is 9.78. The van der Waals surface area contributed by atoms with E-state index >= 15 is 0 Å². The molecule has 3 unspecified atom stereocenters. The van der Waals surface area contributed by atoms with Gasteiger partial charge in [-0.3, -0.25) is 4.99 Å². The summed E-state index contributed by atoms with van der Waals surface area (Å²) in [6.45, 7) is 49.5. The highest BCUT2D eigenvalue weighted by Crippen LogP contribution is 2.39. The number of nitrogens with zero attached hydrogens (tertiary/aromatic N) is 2. The molecule has 0 saturated heterocycles. The van der Waals surface area contributed by atoms with E-state index in [4.69, 9.17) is 17.2 Å². The molecule has 4 aromatic rings. The molecule has 87 heavy (non-hydrogen) atoms. The van der Waals surface area contributed by atoms with Crippen LogP contribution in [0.3, 0.4) is 0 Å². The monoisotopic (exact) mass is 1230 g/mol. The average Bonchev–Trinajstić information content (AvgIpc) is 3.18. The number of benzene rings is 3. The number of aryl methyl sites for hydroxylation is 1. The van der Waals surface area contributed by atoms with Gasteiger partial charge in [0.25, 0.3) is 0 Å². The molecule has 0 radical (unpaired) electrons. The highest BCUT2D eigenvalue weighted by atomic mass is 32.2. The van der Waals surface area contributed by atoms with Gasteiger partial charge in [0.15, 0.2) is 0 Å². The molecule has 9 heteroatoms. The average molecular weight is 1230 g/mol. The number of hydrogen-bond donors (Lipinski definition) is 6. The highest BCUT2D eigenvalue weighted by Gasteiger charge is 2.23. The number of aromatic nitrogens is 1. The van der Waals surface area contributed by atoms with Gasteiger partial charge in [-0.2, -0.15) is 11.8 Å². The zero-order valence-corrected chi connectivity index (χ0v) is 60.5. The molecule has 3 atom stereocenters. The molecule has 0 spiro atoms. The van der Waals surface area contributed by atoms with Crippen LogP contribution in [-0.4, -0.2) is 43.6 Å². The quantitative estimate of drug-likeness (QED) is 0.0406. The molecule has 5 aliphatic rings. The summed E-state index contributed by atoms with van der Waals surface area (Å²) in [4.78, 5) is 5.32. The predicted molar refractivity (Wildman–Crippen MR) is 412 cm³/mol. The summed E-state index contributed by atoms with van der Waals surface area (Å²) in [6, 6.07) is 25.6. The number of aliphatic imine (C=N–C) groups is 1. The van der Waals surface area contributed by atoms with Crippen LogP contribution >= 0.6 is 24.4 Å². The van der Waals surface area contributed by atoms with Gasteiger partial charge in [-0.15, -0.1) is 38.9 Å². The van der Waals surface area contributed by atoms with Gasteiger partial charge in [-0.1, -0.05) is 237 Å². The number of nitrogens with one attached hydrogen (secondary N) is 1. The lowest BCUT2D eigenvalue weighted by molar-refractivity contribution is 0.525. The van der Waals surface area contributed by atoms with Crippen molar-refractivity contribution in [1.29, 1.82) is 0 Å². The normalized spacial score (nSPS) is 15.9. The van der Waals surface area contributed by atoms with E-state index in [1.165, 1.54) is 82.9 Å². The van der Waals surface area contributed by atoms with Crippen LogP contribution in [0.5, 0.6) is 0 Å². The number of allylic oxidation sites excluding steroid dienone is 12. The second-order valence-corrected chi connectivity index (χ2v) is 19.3. The topological polar surface area (TPSA) is 133 Å². The lowest BCUT2D eigenvalue weighted by Gasteiger charge is -2.26. The van der Waals surface area contributed by atoms with Crippen LogP contribution in [0.2, 0.25) is 0 Å². The van der Waals surface area contributed by atoms with E-state index in [1.807, 2.05) is 134 Å². The van der Waals surface area contributed by atoms with Crippen LogP contribution in [0.25, 0.3) is 23.3 Å². The van der Waals surface area contributed by atoms with Gasteiger partial charge in [-0.25, -0.2) is 0 Å². The largest absolute Gasteiger partial charge is 0.399 e. The maximum Gasteiger partial charge on any atom is 0.116 e. The fraction of sp³-hybridized carbons (Fsp3) is 0.449. The SMILES string of the molecule is C.C/C=C\c1c(-c2ccccc2)c(C)c(/C=C\Cc2ccccc2S)n1C/N=C\N.C=C.C=C.CC.CC.CC.CC.CC.CC.CC1/C=C\C(N)C(C)C/C=C\C1.CN.CNC1=C(C)CCC1.CSC.Cc1cc2cc(c1)C2/C=C(\N)C1=CC=CC1. The minimum absolute atomic E-state index is 0. The second kappa shape index (κ2) is 66.0. The molecule has 7 nitrogen and oxygen atoms in total. The molecular weight excluding hydrogens is 1100 g/mol. The maximum atomic E-state index is 6.10. The summed E-state index contributed by atoms with van der Waals surface area (Å²) in [5.41, 5.74) is 38.6. The molecule has 2 bridgehead atoms. The van der Waals surface area contributed by atoms with E-state index in [1.54, 1.807) is 17.3 Å². The Morgan fingerprint density at radius 1 is 0.759 bits per heavy atom. The van der Waals surface area contributed by atoms with Crippen LogP contribution in [0.4, 0.5) is 0 Å². The Morgan fingerprint density at radius 2 is 1.30 bits per heavy atom. The van der Waals surface area contributed by atoms with Crippen molar-refractivity contribution in [3.63, 3.8) is 0 Å². The van der Waals surface area contributed by atoms with Gasteiger partial charge >= 0.3 is 0 Å². The zero-order chi connectivity index (χ0) is 67.4. The lowest BCUT2D eigenvalue weighted by Crippen LogP contribution is -2.25. The van der Waals surface area contributed by atoms with Gasteiger partial charge in [0.1, 0.15) is 6.67 Å². The fourth-order valence-electron chi connectivity index (χ4n) is 8.60. The van der Waals surface area contributed by atoms with Crippen molar-refractivity contribution in [1.82, 2.24) is 9.88 Å². The van der Waals surface area contributed by atoms with Crippen LogP contribution in [0.15, 0.2) is 192 Å². The standard InChI is InChI=1S/C25H27N3S.C15H15N.C11H19N.C7H13N.C2H6S.6C2H6.2C2H4.CH5N.CH4/c1-3-10-23-25(21-12-5-4-6-13-21)19(2)22(28(23)18-27-17-26)15-9-14-20-11-7-8-16-24(20)29;1-10-6-12-8-13(7-10)14(12)9-15(16)11-4-2-3-5-11;1-9-5-3-4-6-10(2)11(12)8-7-9;1-6-4-3-5-7(6)8-2;1-3-2;9*1-2;/h3-13,15-17,29H,14,18H2,1-2H3,(H2,26,27);2-4,6-9,14H,5,16H2,1H3;3-4,7-11H,5-6,12H2,1-2H3;8H,3-5H2,1-2H3;1-2H3;6*1-2H3;2*1-2H2;2H2,1H3;1H4/b10-3-,15-9-;15-9-;4-3-,8-7-;;;;;;;;;;;;. The van der Waals surface area contributed by atoms with Crippen LogP contribution < -0.4 is 28.3 Å². The van der Waals surface area contributed by atoms with Crippen LogP contribution in [0.1, 0.15) is 202 Å². The summed E-state index contributed by atoms with van der Waals surface area (Å²) >= 11 is 6.31. The summed E-state index contributed by atoms with van der Waals surface area (Å²) < 4.78 is 2.21. The molecule has 1 heterocycles. The maximum absolute atomic E-state index is 6.10. The summed E-state index contributed by atoms with van der Waals surface area (Å²) in [7, 11) is 3.50. The fourth-order valence-corrected chi connectivity index (χ4v) is 8.85. The number of nitrogens with two attached hydrogens (primary N) is 4. The number of fused-ring (bicyclic) bond motifs is 2. The summed E-state index contributed by atoms with van der Waals surface area (Å²) in [6.07, 6.45) is 39.4. The third-order valence-corrected chi connectivity index (χ3v) is 13.0. The molecule has 0 aliphatic heterocycles. The van der Waals surface area contributed by atoms with Crippen molar-refractivity contribution in [2.75, 3.05) is 26.6 Å². The first kappa shape index (κ1) is 94.7. The van der Waals surface area contributed by atoms with E-state index in [9.17, 15) is 0 Å². The predicted octanol–water partition coefficient (Wildman–Crippen LogP) is 22.3. The van der Waals surface area contributed by atoms with Gasteiger partial charge in [0.05, 0.1) is 12.0 Å². The van der Waals surface area contributed by atoms with Crippen molar-refractivity contribution in [3.8, 4) is 11.1 Å². The first-order chi connectivity index (χ1) is 41.9. The zero-order valence-electron chi connectivity index (χ0n) is 58.8. The third kappa shape index (κ3) is 38.1. The smallest absolute Gasteiger partial charge is 0.116 e. The number of thioether (sulfide) groups is 1. The Hall–Kier alpha value is -5.97. The van der Waals surface area contributed by atoms with Gasteiger partial charge in [0, 0.05) is 46.6 Å². The van der Waals surface area contributed by atoms with Gasteiger partial charge in [0.2, 0.25) is 0 Å². The first-order valence-corrected chi connectivity index (χ1v) is 33.9. The molecule has 5 aliphatic carbocycles. The molecule has 9 rings (SSSR count). The highest BCUT2D eigenvalue weighted by molar-refractivity contribution is 7.97. The van der Waals surface area contributed by atoms with Crippen molar-refractivity contribution < 1.29 is 0 Å². The number of thiol groups is 1. The minimum Gasteiger partial charge on any atom is -0.399 e. The van der Waals surface area contributed by atoms with Crippen molar-refractivity contribution in [2.45, 2.75) is 201 Å².